The predicted octanol–water partition coefficient (Wildman–Crippen LogP) is 17.4. The van der Waals surface area contributed by atoms with E-state index in [9.17, 15) is 58.5 Å². The largest absolute Gasteiger partial charge is 0.480 e. The summed E-state index contributed by atoms with van der Waals surface area (Å²) in [4.78, 5) is 125. The Hall–Kier alpha value is -12.5. The Kier molecular flexibility index (Phi) is 28.7. The first-order valence-electron chi connectivity index (χ1n) is 40.8. The number of carbonyl (C=O) groups excluding carboxylic acids is 4. The van der Waals surface area contributed by atoms with Crippen LogP contribution >= 0.6 is 106 Å². The molecule has 28 heteroatoms. The standard InChI is InChI=1S/C100H81N7O12S9/c1-5-101-92(117)86(126-98(101)120)95-104(58-83(108)109)89(114)80(123-95)55-68-24-41-73(42-25-68)71-37-20-62(21-38-71)14-8-10-16-64-30-47-76(48-31-64)107(77-49-32-65(33-50-77)17-11-9-15-63-22-39-72(40-23-63)74-43-26-69(27-44-74)56-81-90(115)105(59-84(110)111)96(124-81)87-93(118)102(6-2)99(121)127-87)78-51-34-66(35-52-78)18-12-13-19-67-36-53-79(61(4)54-67)75-45-28-70(29-46-75)57-82-91(116)106(60-85(112)113)97(125-82)88-94(119)103(7-3)100(122)128-88/h8-53,55,57,61,81H,5-7,54,56,58-60H2,1-4H3,(H,108,109)(H,110,111)(H,112,113)/b14-8+,15-9+,16-10+,17-11+,18-12+,19-13+,80-55+,82-57+,95-86-,96-87-,97-88-. The number of hydrogen-bond acceptors (Lipinski definition) is 19. The van der Waals surface area contributed by atoms with Crippen molar-refractivity contribution < 1.29 is 48.9 Å². The fourth-order valence-electron chi connectivity index (χ4n) is 15.0. The minimum atomic E-state index is -1.20. The van der Waals surface area contributed by atoms with Crippen LogP contribution < -0.4 is 34.4 Å². The van der Waals surface area contributed by atoms with Crippen molar-refractivity contribution in [3.05, 3.63) is 353 Å². The SMILES string of the molecule is CCN1C(=O)/C(=C2/SC(Cc3ccc(-c4ccc(/C=C/C=C/c5ccc(N(c6ccc(/C=C/C=C/C7=CC=C(c8ccc(/C=c9/s/c(=C%10\SC(=S)N(CC)C%10=O)n(CC(=O)O)c9=O)cc8)C(C)C7)cc6)c6ccc(/C=C/C=C/c7ccc(-c8ccc(/C=c9/s/c(=C%10\SC(=S)N(CC)C%10=O)n(CC(=O)O)c9=O)cc8)cc7)cc6)cc5)cc4)cc3)C(=O)N2CC(=O)O)SC1=S. The molecular weight excluding hydrogens is 1780 g/mol. The summed E-state index contributed by atoms with van der Waals surface area (Å²) in [6.07, 6.45) is 33.5. The van der Waals surface area contributed by atoms with E-state index in [1.165, 1.54) is 42.5 Å². The van der Waals surface area contributed by atoms with E-state index in [1.54, 1.807) is 19.1 Å². The second-order valence-corrected chi connectivity index (χ2v) is 38.2. The summed E-state index contributed by atoms with van der Waals surface area (Å²) >= 11 is 22.9. The number of aromatic nitrogens is 2. The maximum absolute atomic E-state index is 13.7. The molecule has 1 aliphatic carbocycles. The van der Waals surface area contributed by atoms with Gasteiger partial charge in [0.2, 0.25) is 5.91 Å². The van der Waals surface area contributed by atoms with Gasteiger partial charge in [0.05, 0.1) is 19.3 Å². The first-order valence-corrected chi connectivity index (χ1v) is 47.0. The van der Waals surface area contributed by atoms with Gasteiger partial charge in [0.15, 0.2) is 0 Å². The zero-order valence-electron chi connectivity index (χ0n) is 69.3. The normalized spacial score (nSPS) is 18.1. The maximum atomic E-state index is 13.7. The first-order chi connectivity index (χ1) is 61.9. The highest BCUT2D eigenvalue weighted by Gasteiger charge is 2.45. The van der Waals surface area contributed by atoms with Crippen molar-refractivity contribution in [3.8, 4) is 22.3 Å². The minimum Gasteiger partial charge on any atom is -0.480 e. The van der Waals surface area contributed by atoms with E-state index in [-0.39, 0.29) is 53.6 Å². The molecule has 4 amide bonds. The number of rotatable bonds is 28. The van der Waals surface area contributed by atoms with Crippen LogP contribution in [0.4, 0.5) is 17.1 Å². The molecule has 0 radical (unpaired) electrons. The van der Waals surface area contributed by atoms with Gasteiger partial charge in [-0.05, 0) is 172 Å². The van der Waals surface area contributed by atoms with Crippen LogP contribution in [0.25, 0.3) is 80.2 Å². The van der Waals surface area contributed by atoms with Crippen molar-refractivity contribution in [2.24, 2.45) is 5.92 Å². The molecule has 128 heavy (non-hydrogen) atoms. The fraction of sp³-hybridized carbons (Fsp3) is 0.140. The van der Waals surface area contributed by atoms with Gasteiger partial charge in [-0.15, -0.1) is 22.7 Å². The second kappa shape index (κ2) is 40.7. The lowest BCUT2D eigenvalue weighted by Gasteiger charge is -2.26. The molecule has 4 fully saturated rings. The molecule has 4 aliphatic heterocycles. The number of hydrogen-bond donors (Lipinski definition) is 3. The Balaban J connectivity index is 0.606. The summed E-state index contributed by atoms with van der Waals surface area (Å²) in [5.41, 5.74) is 16.8. The topological polar surface area (TPSA) is 240 Å². The van der Waals surface area contributed by atoms with Gasteiger partial charge in [0, 0.05) is 36.7 Å². The third kappa shape index (κ3) is 20.7. The highest BCUT2D eigenvalue weighted by molar-refractivity contribution is 8.31. The van der Waals surface area contributed by atoms with Gasteiger partial charge in [-0.1, -0.05) is 333 Å². The summed E-state index contributed by atoms with van der Waals surface area (Å²) in [5.74, 6) is -4.70. The number of carboxylic acid groups (broad SMARTS) is 3. The maximum Gasteiger partial charge on any atom is 0.323 e. The average molecular weight is 1860 g/mol. The van der Waals surface area contributed by atoms with E-state index in [4.69, 9.17) is 36.7 Å². The summed E-state index contributed by atoms with van der Waals surface area (Å²) in [7, 11) is 0. The molecule has 2 aromatic heterocycles. The summed E-state index contributed by atoms with van der Waals surface area (Å²) < 4.78 is 4.55. The molecule has 2 atom stereocenters. The highest BCUT2D eigenvalue weighted by Crippen LogP contribution is 2.46. The number of carboxylic acids is 3. The van der Waals surface area contributed by atoms with Crippen molar-refractivity contribution in [1.29, 1.82) is 0 Å². The van der Waals surface area contributed by atoms with E-state index in [0.717, 1.165) is 163 Å². The Morgan fingerprint density at radius 1 is 0.406 bits per heavy atom. The molecular formula is C100H81N7O12S9. The average Bonchev–Trinajstić information content (AvgIpc) is 1.63. The number of allylic oxidation sites excluding steroid dienone is 11. The quantitative estimate of drug-likeness (QED) is 0.0235. The van der Waals surface area contributed by atoms with Gasteiger partial charge in [0.1, 0.15) is 56.6 Å². The van der Waals surface area contributed by atoms with Crippen LogP contribution in [0.5, 0.6) is 0 Å². The van der Waals surface area contributed by atoms with Crippen LogP contribution in [0.3, 0.4) is 0 Å². The van der Waals surface area contributed by atoms with Gasteiger partial charge >= 0.3 is 17.9 Å². The molecule has 4 saturated heterocycles. The molecule has 8 aromatic carbocycles. The van der Waals surface area contributed by atoms with Gasteiger partial charge in [-0.25, -0.2) is 0 Å². The van der Waals surface area contributed by atoms with Crippen LogP contribution in [0.2, 0.25) is 0 Å². The molecule has 19 nitrogen and oxygen atoms in total. The molecule has 2 unspecified atom stereocenters. The number of likely N-dealkylation sites (N-methyl/N-ethyl adjacent to an activating group) is 1. The molecule has 3 N–H and O–H groups in total. The third-order valence-corrected chi connectivity index (χ3v) is 29.8. The lowest BCUT2D eigenvalue weighted by atomic mass is 9.84. The number of aliphatic carboxylic acids is 3. The predicted molar refractivity (Wildman–Crippen MR) is 535 cm³/mol. The molecule has 6 heterocycles. The van der Waals surface area contributed by atoms with Gasteiger partial charge in [-0.3, -0.25) is 71.9 Å². The number of thioether (sulfide) groups is 4. The van der Waals surface area contributed by atoms with Crippen molar-refractivity contribution in [2.45, 2.75) is 58.9 Å². The van der Waals surface area contributed by atoms with Gasteiger partial charge in [-0.2, -0.15) is 0 Å². The molecule has 15 rings (SSSR count). The van der Waals surface area contributed by atoms with Gasteiger partial charge < -0.3 is 20.2 Å². The molecule has 0 bridgehead atoms. The Morgan fingerprint density at radius 3 is 1.09 bits per heavy atom. The summed E-state index contributed by atoms with van der Waals surface area (Å²) in [5, 5.41) is 28.8. The smallest absolute Gasteiger partial charge is 0.323 e. The lowest BCUT2D eigenvalue weighted by Crippen LogP contribution is -2.35. The monoisotopic (exact) mass is 1860 g/mol. The number of thiazole rings is 2. The number of nitrogens with zero attached hydrogens (tertiary/aromatic N) is 7. The number of anilines is 3. The van der Waals surface area contributed by atoms with E-state index >= 15 is 0 Å². The van der Waals surface area contributed by atoms with Crippen LogP contribution in [0.1, 0.15) is 84.2 Å². The van der Waals surface area contributed by atoms with Crippen LogP contribution in [-0.2, 0) is 53.1 Å². The Bertz CT molecular complexity index is 6860. The summed E-state index contributed by atoms with van der Waals surface area (Å²) in [6, 6.07) is 65.5. The van der Waals surface area contributed by atoms with Crippen LogP contribution in [-0.4, -0.2) is 130 Å². The Labute approximate surface area is 778 Å². The van der Waals surface area contributed by atoms with Crippen LogP contribution in [0, 0.1) is 5.92 Å². The van der Waals surface area contributed by atoms with E-state index < -0.39 is 53.9 Å². The molecule has 5 aliphatic rings. The molecule has 642 valence electrons. The van der Waals surface area contributed by atoms with Crippen LogP contribution in [0.15, 0.2) is 274 Å². The number of benzene rings is 8. The minimum absolute atomic E-state index is 0.217. The lowest BCUT2D eigenvalue weighted by molar-refractivity contribution is -0.142. The Morgan fingerprint density at radius 2 is 0.734 bits per heavy atom. The van der Waals surface area contributed by atoms with E-state index in [2.05, 4.69) is 188 Å². The van der Waals surface area contributed by atoms with Crippen molar-refractivity contribution in [3.63, 3.8) is 0 Å². The fourth-order valence-corrected chi connectivity index (χ4v) is 23.1. The highest BCUT2D eigenvalue weighted by atomic mass is 32.2. The van der Waals surface area contributed by atoms with Crippen molar-refractivity contribution in [2.75, 3.05) is 31.1 Å². The van der Waals surface area contributed by atoms with Crippen molar-refractivity contribution in [1.82, 2.24) is 28.7 Å². The number of amides is 4. The van der Waals surface area contributed by atoms with E-state index in [0.29, 0.717) is 53.1 Å². The van der Waals surface area contributed by atoms with E-state index in [1.807, 2.05) is 117 Å². The van der Waals surface area contributed by atoms with Gasteiger partial charge in [0.25, 0.3) is 28.8 Å². The second-order valence-electron chi connectivity index (χ2n) is 30.0. The number of carbonyl (C=O) groups is 7. The number of thiocarbonyl (C=S) groups is 3. The summed E-state index contributed by atoms with van der Waals surface area (Å²) in [6.45, 7) is 7.02. The third-order valence-electron chi connectivity index (χ3n) is 21.5. The molecule has 0 saturated carbocycles. The molecule has 10 aromatic rings. The zero-order chi connectivity index (χ0) is 90.0. The van der Waals surface area contributed by atoms with Crippen molar-refractivity contribution >= 4 is 236 Å². The molecule has 0 spiro atoms. The first kappa shape index (κ1) is 90.3. The zero-order valence-corrected chi connectivity index (χ0v) is 76.7.